The van der Waals surface area contributed by atoms with Crippen LogP contribution >= 0.6 is 23.2 Å². The first-order valence-corrected chi connectivity index (χ1v) is 6.47. The maximum Gasteiger partial charge on any atom is 0.255 e. The minimum absolute atomic E-state index is 0.318. The van der Waals surface area contributed by atoms with Crippen molar-refractivity contribution in [2.45, 2.75) is 0 Å². The highest BCUT2D eigenvalue weighted by Gasteiger charge is 2.11. The van der Waals surface area contributed by atoms with Crippen LogP contribution in [-0.4, -0.2) is 13.0 Å². The first-order chi connectivity index (χ1) is 9.51. The van der Waals surface area contributed by atoms with E-state index in [1.807, 2.05) is 0 Å². The Kier molecular flexibility index (Phi) is 4.37. The smallest absolute Gasteiger partial charge is 0.255 e. The number of nitrogen functional groups attached to an aromatic ring is 1. The summed E-state index contributed by atoms with van der Waals surface area (Å²) in [5.74, 6) is 0.195. The lowest BCUT2D eigenvalue weighted by Gasteiger charge is -2.11. The highest BCUT2D eigenvalue weighted by molar-refractivity contribution is 6.42. The molecule has 0 spiro atoms. The first kappa shape index (κ1) is 14.5. The second kappa shape index (κ2) is 6.03. The minimum atomic E-state index is -0.326. The normalized spacial score (nSPS) is 10.2. The average Bonchev–Trinajstić information content (AvgIpc) is 2.42. The summed E-state index contributed by atoms with van der Waals surface area (Å²) in [7, 11) is 1.51. The van der Waals surface area contributed by atoms with Crippen LogP contribution in [0.2, 0.25) is 10.0 Å². The van der Waals surface area contributed by atoms with Crippen molar-refractivity contribution in [1.82, 2.24) is 0 Å². The highest BCUT2D eigenvalue weighted by Crippen LogP contribution is 2.28. The standard InChI is InChI=1S/C14H12Cl2N2O2/c1-20-13-5-3-9(17)7-12(13)18-14(19)8-2-4-10(15)11(16)6-8/h2-7H,17H2,1H3,(H,18,19). The molecule has 0 aliphatic rings. The van der Waals surface area contributed by atoms with Gasteiger partial charge in [0.2, 0.25) is 0 Å². The number of halogens is 2. The third-order valence-corrected chi connectivity index (χ3v) is 3.39. The molecule has 20 heavy (non-hydrogen) atoms. The summed E-state index contributed by atoms with van der Waals surface area (Å²) >= 11 is 11.7. The van der Waals surface area contributed by atoms with Crippen LogP contribution < -0.4 is 15.8 Å². The number of methoxy groups -OCH3 is 1. The molecule has 0 aliphatic heterocycles. The summed E-state index contributed by atoms with van der Waals surface area (Å²) in [5.41, 5.74) is 7.10. The van der Waals surface area contributed by atoms with Gasteiger partial charge in [0.05, 0.1) is 22.8 Å². The molecule has 0 heterocycles. The Labute approximate surface area is 126 Å². The molecule has 0 saturated heterocycles. The Hall–Kier alpha value is -1.91. The zero-order valence-corrected chi connectivity index (χ0v) is 12.1. The molecule has 0 radical (unpaired) electrons. The van der Waals surface area contributed by atoms with Crippen molar-refractivity contribution in [3.8, 4) is 5.75 Å². The van der Waals surface area contributed by atoms with Gasteiger partial charge in [0.25, 0.3) is 5.91 Å². The molecule has 3 N–H and O–H groups in total. The van der Waals surface area contributed by atoms with Crippen molar-refractivity contribution < 1.29 is 9.53 Å². The number of ether oxygens (including phenoxy) is 1. The first-order valence-electron chi connectivity index (χ1n) is 5.71. The van der Waals surface area contributed by atoms with Crippen LogP contribution in [0.1, 0.15) is 10.4 Å². The van der Waals surface area contributed by atoms with Crippen LogP contribution in [0.4, 0.5) is 11.4 Å². The van der Waals surface area contributed by atoms with Crippen molar-refractivity contribution in [1.29, 1.82) is 0 Å². The SMILES string of the molecule is COc1ccc(N)cc1NC(=O)c1ccc(Cl)c(Cl)c1. The topological polar surface area (TPSA) is 64.3 Å². The van der Waals surface area contributed by atoms with Gasteiger partial charge in [0, 0.05) is 11.3 Å². The Morgan fingerprint density at radius 2 is 1.90 bits per heavy atom. The number of nitrogens with one attached hydrogen (secondary N) is 1. The fourth-order valence-corrected chi connectivity index (χ4v) is 1.95. The molecule has 1 amide bonds. The quantitative estimate of drug-likeness (QED) is 0.847. The molecule has 0 fully saturated rings. The van der Waals surface area contributed by atoms with Gasteiger partial charge in [-0.3, -0.25) is 4.79 Å². The molecule has 0 unspecified atom stereocenters. The fraction of sp³-hybridized carbons (Fsp3) is 0.0714. The van der Waals surface area contributed by atoms with Gasteiger partial charge in [-0.25, -0.2) is 0 Å². The van der Waals surface area contributed by atoms with Crippen LogP contribution in [0.5, 0.6) is 5.75 Å². The molecular formula is C14H12Cl2N2O2. The van der Waals surface area contributed by atoms with E-state index in [4.69, 9.17) is 33.7 Å². The molecule has 2 aromatic carbocycles. The lowest BCUT2D eigenvalue weighted by atomic mass is 10.2. The molecule has 2 rings (SSSR count). The summed E-state index contributed by atoms with van der Waals surface area (Å²) in [6, 6.07) is 9.64. The molecular weight excluding hydrogens is 299 g/mol. The van der Waals surface area contributed by atoms with E-state index < -0.39 is 0 Å². The third kappa shape index (κ3) is 3.15. The van der Waals surface area contributed by atoms with Gasteiger partial charge in [-0.15, -0.1) is 0 Å². The van der Waals surface area contributed by atoms with E-state index in [2.05, 4.69) is 5.32 Å². The average molecular weight is 311 g/mol. The zero-order chi connectivity index (χ0) is 14.7. The molecule has 0 aliphatic carbocycles. The van der Waals surface area contributed by atoms with Crippen molar-refractivity contribution in [2.75, 3.05) is 18.2 Å². The Morgan fingerprint density at radius 1 is 1.15 bits per heavy atom. The van der Waals surface area contributed by atoms with Crippen LogP contribution in [-0.2, 0) is 0 Å². The largest absolute Gasteiger partial charge is 0.495 e. The summed E-state index contributed by atoms with van der Waals surface area (Å²) < 4.78 is 5.16. The number of carbonyl (C=O) groups excluding carboxylic acids is 1. The maximum absolute atomic E-state index is 12.1. The van der Waals surface area contributed by atoms with Gasteiger partial charge in [0.1, 0.15) is 5.75 Å². The predicted octanol–water partition coefficient (Wildman–Crippen LogP) is 3.84. The van der Waals surface area contributed by atoms with Crippen LogP contribution in [0, 0.1) is 0 Å². The van der Waals surface area contributed by atoms with E-state index >= 15 is 0 Å². The number of carbonyl (C=O) groups is 1. The number of benzene rings is 2. The van der Waals surface area contributed by atoms with E-state index in [0.717, 1.165) is 0 Å². The van der Waals surface area contributed by atoms with Crippen molar-refractivity contribution in [2.24, 2.45) is 0 Å². The molecule has 4 nitrogen and oxygen atoms in total. The second-order valence-electron chi connectivity index (χ2n) is 4.04. The van der Waals surface area contributed by atoms with Crippen LogP contribution in [0.3, 0.4) is 0 Å². The Morgan fingerprint density at radius 3 is 2.55 bits per heavy atom. The summed E-state index contributed by atoms with van der Waals surface area (Å²) in [4.78, 5) is 12.1. The number of hydrogen-bond donors (Lipinski definition) is 2. The lowest BCUT2D eigenvalue weighted by molar-refractivity contribution is 0.102. The van der Waals surface area contributed by atoms with Gasteiger partial charge in [-0.2, -0.15) is 0 Å². The monoisotopic (exact) mass is 310 g/mol. The molecule has 0 aromatic heterocycles. The molecule has 0 atom stereocenters. The fourth-order valence-electron chi connectivity index (χ4n) is 1.66. The summed E-state index contributed by atoms with van der Waals surface area (Å²) in [5, 5.41) is 3.43. The number of anilines is 2. The van der Waals surface area contributed by atoms with E-state index in [1.54, 1.807) is 30.3 Å². The number of hydrogen-bond acceptors (Lipinski definition) is 3. The van der Waals surface area contributed by atoms with Gasteiger partial charge in [-0.05, 0) is 36.4 Å². The maximum atomic E-state index is 12.1. The predicted molar refractivity (Wildman–Crippen MR) is 81.8 cm³/mol. The summed E-state index contributed by atoms with van der Waals surface area (Å²) in [6.07, 6.45) is 0. The zero-order valence-electron chi connectivity index (χ0n) is 10.6. The lowest BCUT2D eigenvalue weighted by Crippen LogP contribution is -2.12. The van der Waals surface area contributed by atoms with E-state index in [9.17, 15) is 4.79 Å². The number of nitrogens with two attached hydrogens (primary N) is 1. The van der Waals surface area contributed by atoms with Crippen LogP contribution in [0.25, 0.3) is 0 Å². The minimum Gasteiger partial charge on any atom is -0.495 e. The second-order valence-corrected chi connectivity index (χ2v) is 4.86. The number of amides is 1. The van der Waals surface area contributed by atoms with Gasteiger partial charge >= 0.3 is 0 Å². The van der Waals surface area contributed by atoms with Crippen molar-refractivity contribution in [3.05, 3.63) is 52.0 Å². The van der Waals surface area contributed by atoms with Crippen LogP contribution in [0.15, 0.2) is 36.4 Å². The van der Waals surface area contributed by atoms with Gasteiger partial charge < -0.3 is 15.8 Å². The van der Waals surface area contributed by atoms with E-state index in [0.29, 0.717) is 32.7 Å². The van der Waals surface area contributed by atoms with E-state index in [1.165, 1.54) is 13.2 Å². The van der Waals surface area contributed by atoms with Crippen molar-refractivity contribution in [3.63, 3.8) is 0 Å². The Bertz CT molecular complexity index is 660. The Balaban J connectivity index is 2.27. The van der Waals surface area contributed by atoms with Gasteiger partial charge in [0.15, 0.2) is 0 Å². The number of rotatable bonds is 3. The van der Waals surface area contributed by atoms with Gasteiger partial charge in [-0.1, -0.05) is 23.2 Å². The van der Waals surface area contributed by atoms with E-state index in [-0.39, 0.29) is 5.91 Å². The van der Waals surface area contributed by atoms with Crippen molar-refractivity contribution >= 4 is 40.5 Å². The molecule has 0 bridgehead atoms. The summed E-state index contributed by atoms with van der Waals surface area (Å²) in [6.45, 7) is 0. The molecule has 6 heteroatoms. The molecule has 2 aromatic rings. The molecule has 0 saturated carbocycles. The molecule has 104 valence electrons. The highest BCUT2D eigenvalue weighted by atomic mass is 35.5. The third-order valence-electron chi connectivity index (χ3n) is 2.65.